The number of carbonyl (C=O) groups excluding carboxylic acids is 1. The Balaban J connectivity index is 2.32. The summed E-state index contributed by atoms with van der Waals surface area (Å²) >= 11 is 1.37. The zero-order valence-corrected chi connectivity index (χ0v) is 8.32. The molecule has 0 bridgehead atoms. The Morgan fingerprint density at radius 2 is 1.83 bits per heavy atom. The normalized spacial score (nSPS) is 18.6. The van der Waals surface area contributed by atoms with Crippen molar-refractivity contribution in [2.75, 3.05) is 19.3 Å². The highest BCUT2D eigenvalue weighted by molar-refractivity contribution is 7.97. The van der Waals surface area contributed by atoms with Gasteiger partial charge in [-0.05, 0) is 12.8 Å². The summed E-state index contributed by atoms with van der Waals surface area (Å²) in [5.74, 6) is 0. The molecule has 0 aromatic heterocycles. The molecule has 0 aliphatic carbocycles. The van der Waals surface area contributed by atoms with E-state index in [1.54, 1.807) is 0 Å². The van der Waals surface area contributed by atoms with Crippen molar-refractivity contribution in [1.82, 2.24) is 9.62 Å². The highest BCUT2D eigenvalue weighted by Gasteiger charge is 2.13. The lowest BCUT2D eigenvalue weighted by Crippen LogP contribution is -2.37. The Hall–Kier alpha value is -0.380. The number of rotatable bonds is 1. The summed E-state index contributed by atoms with van der Waals surface area (Å²) in [6, 6.07) is 0.0735. The van der Waals surface area contributed by atoms with Crippen molar-refractivity contribution in [3.8, 4) is 0 Å². The maximum atomic E-state index is 11.3. The zero-order valence-electron chi connectivity index (χ0n) is 7.51. The first-order chi connectivity index (χ1) is 5.84. The van der Waals surface area contributed by atoms with Crippen LogP contribution in [0.3, 0.4) is 0 Å². The summed E-state index contributed by atoms with van der Waals surface area (Å²) in [5.41, 5.74) is 0. The summed E-state index contributed by atoms with van der Waals surface area (Å²) in [7, 11) is 0. The molecule has 0 saturated carbocycles. The Morgan fingerprint density at radius 3 is 2.33 bits per heavy atom. The molecule has 0 spiro atoms. The summed E-state index contributed by atoms with van der Waals surface area (Å²) < 4.78 is 2.75. The van der Waals surface area contributed by atoms with Crippen LogP contribution in [0.4, 0.5) is 4.79 Å². The highest BCUT2D eigenvalue weighted by Crippen LogP contribution is 2.09. The van der Waals surface area contributed by atoms with Crippen LogP contribution in [-0.4, -0.2) is 30.3 Å². The molecule has 1 aliphatic heterocycles. The first kappa shape index (κ1) is 9.71. The van der Waals surface area contributed by atoms with Gasteiger partial charge in [0.05, 0.1) is 0 Å². The number of carbonyl (C=O) groups is 1. The standard InChI is InChI=1S/C8H16N2OS/c1-12-9-8(11)10-6-4-2-3-5-7-10/h2-7H2,1H3,(H,9,11). The van der Waals surface area contributed by atoms with E-state index >= 15 is 0 Å². The first-order valence-corrected chi connectivity index (χ1v) is 5.65. The average molecular weight is 188 g/mol. The summed E-state index contributed by atoms with van der Waals surface area (Å²) in [6.45, 7) is 1.85. The number of hydrogen-bond donors (Lipinski definition) is 1. The maximum Gasteiger partial charge on any atom is 0.327 e. The Morgan fingerprint density at radius 1 is 1.25 bits per heavy atom. The summed E-state index contributed by atoms with van der Waals surface area (Å²) in [6.07, 6.45) is 6.71. The molecule has 0 radical (unpaired) electrons. The van der Waals surface area contributed by atoms with Gasteiger partial charge in [0.15, 0.2) is 0 Å². The fourth-order valence-corrected chi connectivity index (χ4v) is 1.73. The maximum absolute atomic E-state index is 11.3. The van der Waals surface area contributed by atoms with Crippen LogP contribution in [0.1, 0.15) is 25.7 Å². The van der Waals surface area contributed by atoms with E-state index in [2.05, 4.69) is 4.72 Å². The van der Waals surface area contributed by atoms with Crippen LogP contribution in [0.25, 0.3) is 0 Å². The van der Waals surface area contributed by atoms with Crippen molar-refractivity contribution in [1.29, 1.82) is 0 Å². The van der Waals surface area contributed by atoms with Crippen molar-refractivity contribution >= 4 is 18.0 Å². The van der Waals surface area contributed by atoms with Crippen LogP contribution >= 0.6 is 11.9 Å². The number of nitrogens with one attached hydrogen (secondary N) is 1. The van der Waals surface area contributed by atoms with Gasteiger partial charge < -0.3 is 4.90 Å². The summed E-state index contributed by atoms with van der Waals surface area (Å²) in [4.78, 5) is 13.3. The zero-order chi connectivity index (χ0) is 8.81. The Kier molecular flexibility index (Phi) is 4.29. The Labute approximate surface area is 78.0 Å². The minimum atomic E-state index is 0.0735. The third kappa shape index (κ3) is 2.93. The quantitative estimate of drug-likeness (QED) is 0.637. The Bertz CT molecular complexity index is 144. The molecule has 0 unspecified atom stereocenters. The lowest BCUT2D eigenvalue weighted by Gasteiger charge is -2.19. The fraction of sp³-hybridized carbons (Fsp3) is 0.875. The van der Waals surface area contributed by atoms with Gasteiger partial charge in [0.25, 0.3) is 0 Å². The first-order valence-electron chi connectivity index (χ1n) is 4.42. The summed E-state index contributed by atoms with van der Waals surface area (Å²) in [5, 5.41) is 0. The van der Waals surface area contributed by atoms with Gasteiger partial charge in [0.1, 0.15) is 0 Å². The molecule has 1 saturated heterocycles. The number of nitrogens with zero attached hydrogens (tertiary/aromatic N) is 1. The molecule has 1 aliphatic rings. The number of likely N-dealkylation sites (tertiary alicyclic amines) is 1. The van der Waals surface area contributed by atoms with Crippen molar-refractivity contribution in [3.05, 3.63) is 0 Å². The lowest BCUT2D eigenvalue weighted by atomic mass is 10.2. The molecule has 0 aromatic rings. The van der Waals surface area contributed by atoms with Crippen molar-refractivity contribution in [2.45, 2.75) is 25.7 Å². The number of hydrogen-bond acceptors (Lipinski definition) is 2. The van der Waals surface area contributed by atoms with Crippen LogP contribution in [0.5, 0.6) is 0 Å². The molecular weight excluding hydrogens is 172 g/mol. The van der Waals surface area contributed by atoms with E-state index in [0.717, 1.165) is 25.9 Å². The van der Waals surface area contributed by atoms with Crippen LogP contribution in [0.15, 0.2) is 0 Å². The topological polar surface area (TPSA) is 32.3 Å². The van der Waals surface area contributed by atoms with Crippen LogP contribution < -0.4 is 4.72 Å². The predicted molar refractivity (Wildman–Crippen MR) is 52.1 cm³/mol. The average Bonchev–Trinajstić information content (AvgIpc) is 2.32. The second kappa shape index (κ2) is 5.30. The monoisotopic (exact) mass is 188 g/mol. The predicted octanol–water partition coefficient (Wildman–Crippen LogP) is 1.85. The van der Waals surface area contributed by atoms with Gasteiger partial charge in [-0.3, -0.25) is 4.72 Å². The minimum Gasteiger partial charge on any atom is -0.324 e. The van der Waals surface area contributed by atoms with Gasteiger partial charge in [-0.25, -0.2) is 4.79 Å². The van der Waals surface area contributed by atoms with E-state index in [4.69, 9.17) is 0 Å². The second-order valence-corrected chi connectivity index (χ2v) is 3.62. The van der Waals surface area contributed by atoms with E-state index in [-0.39, 0.29) is 6.03 Å². The van der Waals surface area contributed by atoms with Crippen LogP contribution in [0.2, 0.25) is 0 Å². The van der Waals surface area contributed by atoms with E-state index in [9.17, 15) is 4.79 Å². The largest absolute Gasteiger partial charge is 0.327 e. The fourth-order valence-electron chi connectivity index (χ4n) is 1.43. The molecule has 1 rings (SSSR count). The van der Waals surface area contributed by atoms with Crippen LogP contribution in [-0.2, 0) is 0 Å². The van der Waals surface area contributed by atoms with E-state index < -0.39 is 0 Å². The molecule has 1 fully saturated rings. The van der Waals surface area contributed by atoms with Gasteiger partial charge in [0.2, 0.25) is 0 Å². The number of urea groups is 1. The van der Waals surface area contributed by atoms with Gasteiger partial charge >= 0.3 is 6.03 Å². The SMILES string of the molecule is CSNC(=O)N1CCCCCC1. The van der Waals surface area contributed by atoms with Crippen molar-refractivity contribution < 1.29 is 4.79 Å². The van der Waals surface area contributed by atoms with Crippen LogP contribution in [0, 0.1) is 0 Å². The smallest absolute Gasteiger partial charge is 0.324 e. The van der Waals surface area contributed by atoms with Crippen molar-refractivity contribution in [3.63, 3.8) is 0 Å². The van der Waals surface area contributed by atoms with Gasteiger partial charge in [-0.15, -0.1) is 0 Å². The molecule has 0 atom stereocenters. The molecule has 70 valence electrons. The van der Waals surface area contributed by atoms with Gasteiger partial charge in [-0.1, -0.05) is 24.8 Å². The van der Waals surface area contributed by atoms with E-state index in [1.165, 1.54) is 24.8 Å². The molecular formula is C8H16N2OS. The highest BCUT2D eigenvalue weighted by atomic mass is 32.2. The van der Waals surface area contributed by atoms with Gasteiger partial charge in [0, 0.05) is 19.3 Å². The molecule has 1 N–H and O–H groups in total. The van der Waals surface area contributed by atoms with E-state index in [0.29, 0.717) is 0 Å². The van der Waals surface area contributed by atoms with Gasteiger partial charge in [-0.2, -0.15) is 0 Å². The minimum absolute atomic E-state index is 0.0735. The molecule has 0 aromatic carbocycles. The third-order valence-corrected chi connectivity index (χ3v) is 2.46. The molecule has 4 heteroatoms. The molecule has 2 amide bonds. The lowest BCUT2D eigenvalue weighted by molar-refractivity contribution is 0.206. The number of amides is 2. The molecule has 12 heavy (non-hydrogen) atoms. The third-order valence-electron chi connectivity index (χ3n) is 2.08. The molecule has 3 nitrogen and oxygen atoms in total. The molecule has 1 heterocycles. The second-order valence-electron chi connectivity index (χ2n) is 3.01. The van der Waals surface area contributed by atoms with Crippen molar-refractivity contribution in [2.24, 2.45) is 0 Å². The van der Waals surface area contributed by atoms with E-state index in [1.807, 2.05) is 11.2 Å².